The predicted molar refractivity (Wildman–Crippen MR) is 62.6 cm³/mol. The predicted octanol–water partition coefficient (Wildman–Crippen LogP) is 4.64. The minimum atomic E-state index is -3.94. The fourth-order valence-corrected chi connectivity index (χ4v) is 2.11. The molecule has 0 aliphatic carbocycles. The van der Waals surface area contributed by atoms with Crippen molar-refractivity contribution in [2.24, 2.45) is 0 Å². The average molecular weight is 285 g/mol. The molecule has 0 saturated carbocycles. The highest BCUT2D eigenvalue weighted by Gasteiger charge is 2.30. The van der Waals surface area contributed by atoms with Crippen LogP contribution in [0.15, 0.2) is 24.3 Å². The van der Waals surface area contributed by atoms with Crippen LogP contribution in [0.4, 0.5) is 0 Å². The minimum Gasteiger partial charge on any atom is -0.402 e. The molecule has 16 heavy (non-hydrogen) atoms. The molecular weight excluding hydrogens is 274 g/mol. The van der Waals surface area contributed by atoms with Crippen LogP contribution in [0.2, 0.25) is 0 Å². The quantitative estimate of drug-likeness (QED) is 0.739. The summed E-state index contributed by atoms with van der Waals surface area (Å²) in [5.41, 5.74) is 0.852. The summed E-state index contributed by atoms with van der Waals surface area (Å²) in [6.45, 7) is 3.94. The molecular formula is C9H11Cl2O4P. The first-order chi connectivity index (χ1) is 7.52. The zero-order chi connectivity index (χ0) is 12.2. The Bertz CT molecular complexity index is 389. The van der Waals surface area contributed by atoms with Crippen LogP contribution >= 0.6 is 31.6 Å². The number of phosphoric acid groups is 1. The van der Waals surface area contributed by atoms with E-state index in [0.717, 1.165) is 5.56 Å². The summed E-state index contributed by atoms with van der Waals surface area (Å²) < 4.78 is 24.8. The van der Waals surface area contributed by atoms with Gasteiger partial charge in [-0.3, -0.25) is 0 Å². The number of hydrogen-bond acceptors (Lipinski definition) is 4. The first-order valence-electron chi connectivity index (χ1n) is 4.51. The molecule has 0 spiro atoms. The molecule has 1 aromatic carbocycles. The van der Waals surface area contributed by atoms with Crippen LogP contribution in [0.25, 0.3) is 0 Å². The number of para-hydroxylation sites is 1. The normalized spacial score (nSPS) is 11.8. The lowest BCUT2D eigenvalue weighted by atomic mass is 10.0. The van der Waals surface area contributed by atoms with E-state index in [1.165, 1.54) is 0 Å². The standard InChI is InChI=1S/C9H11Cl2O4P/c1-7(2)8-5-3-4-6-9(8)13-16(12,14-10)15-11/h3-7H,1-2H3. The van der Waals surface area contributed by atoms with Crippen LogP contribution in [-0.2, 0) is 12.7 Å². The second-order valence-corrected chi connectivity index (χ2v) is 5.55. The van der Waals surface area contributed by atoms with E-state index in [1.54, 1.807) is 12.1 Å². The van der Waals surface area contributed by atoms with E-state index in [0.29, 0.717) is 5.75 Å². The van der Waals surface area contributed by atoms with Gasteiger partial charge in [0.15, 0.2) is 0 Å². The van der Waals surface area contributed by atoms with Gasteiger partial charge < -0.3 is 4.52 Å². The largest absolute Gasteiger partial charge is 0.563 e. The molecule has 0 heterocycles. The third kappa shape index (κ3) is 3.37. The second-order valence-electron chi connectivity index (χ2n) is 3.37. The Morgan fingerprint density at radius 2 is 1.75 bits per heavy atom. The van der Waals surface area contributed by atoms with E-state index in [-0.39, 0.29) is 5.92 Å². The SMILES string of the molecule is CC(C)c1ccccc1OP(=O)(OCl)OCl. The first-order valence-corrected chi connectivity index (χ1v) is 6.59. The van der Waals surface area contributed by atoms with E-state index in [9.17, 15) is 4.57 Å². The summed E-state index contributed by atoms with van der Waals surface area (Å²) in [5.74, 6) is 0.553. The van der Waals surface area contributed by atoms with Gasteiger partial charge in [0, 0.05) is 0 Å². The van der Waals surface area contributed by atoms with Crippen molar-refractivity contribution in [3.05, 3.63) is 29.8 Å². The third-order valence-electron chi connectivity index (χ3n) is 1.92. The summed E-state index contributed by atoms with van der Waals surface area (Å²) in [6, 6.07) is 7.05. The van der Waals surface area contributed by atoms with Crippen molar-refractivity contribution in [3.8, 4) is 5.75 Å². The Morgan fingerprint density at radius 1 is 1.19 bits per heavy atom. The van der Waals surface area contributed by atoms with Gasteiger partial charge in [-0.2, -0.15) is 8.15 Å². The van der Waals surface area contributed by atoms with Crippen molar-refractivity contribution in [2.75, 3.05) is 0 Å². The van der Waals surface area contributed by atoms with Crippen LogP contribution in [0.5, 0.6) is 5.75 Å². The number of rotatable bonds is 5. The highest BCUT2D eigenvalue weighted by Crippen LogP contribution is 2.52. The van der Waals surface area contributed by atoms with Crippen molar-refractivity contribution in [3.63, 3.8) is 0 Å². The first kappa shape index (κ1) is 13.8. The van der Waals surface area contributed by atoms with Crippen molar-refractivity contribution in [1.82, 2.24) is 0 Å². The van der Waals surface area contributed by atoms with Gasteiger partial charge in [-0.05, 0) is 17.5 Å². The van der Waals surface area contributed by atoms with Gasteiger partial charge in [-0.1, -0.05) is 32.0 Å². The molecule has 0 amide bonds. The molecule has 1 rings (SSSR count). The summed E-state index contributed by atoms with van der Waals surface area (Å²) in [4.78, 5) is 0. The average Bonchev–Trinajstić information content (AvgIpc) is 2.29. The monoisotopic (exact) mass is 284 g/mol. The molecule has 0 aromatic heterocycles. The molecule has 0 radical (unpaired) electrons. The lowest BCUT2D eigenvalue weighted by molar-refractivity contribution is 0.317. The maximum absolute atomic E-state index is 11.6. The fourth-order valence-electron chi connectivity index (χ4n) is 1.20. The van der Waals surface area contributed by atoms with Gasteiger partial charge in [0.25, 0.3) is 0 Å². The maximum atomic E-state index is 11.6. The van der Waals surface area contributed by atoms with Gasteiger partial charge in [0.1, 0.15) is 5.75 Å². The van der Waals surface area contributed by atoms with Gasteiger partial charge in [0.05, 0.1) is 23.7 Å². The number of halogens is 2. The number of benzene rings is 1. The Kier molecular flexibility index (Phi) is 5.09. The van der Waals surface area contributed by atoms with Crippen molar-refractivity contribution < 1.29 is 17.2 Å². The molecule has 0 atom stereocenters. The molecule has 0 aliphatic rings. The fraction of sp³-hybridized carbons (Fsp3) is 0.333. The molecule has 0 aliphatic heterocycles. The summed E-state index contributed by atoms with van der Waals surface area (Å²) in [5, 5.41) is 0. The van der Waals surface area contributed by atoms with E-state index in [1.807, 2.05) is 26.0 Å². The Hall–Kier alpha value is -0.250. The van der Waals surface area contributed by atoms with Gasteiger partial charge in [-0.15, -0.1) is 0 Å². The molecule has 4 nitrogen and oxygen atoms in total. The highest BCUT2D eigenvalue weighted by atomic mass is 35.5. The third-order valence-corrected chi connectivity index (χ3v) is 3.69. The highest BCUT2D eigenvalue weighted by molar-refractivity contribution is 7.50. The zero-order valence-corrected chi connectivity index (χ0v) is 11.1. The zero-order valence-electron chi connectivity index (χ0n) is 8.72. The van der Waals surface area contributed by atoms with Gasteiger partial charge in [-0.25, -0.2) is 4.57 Å². The summed E-state index contributed by atoms with van der Waals surface area (Å²) >= 11 is 9.99. The molecule has 0 N–H and O–H groups in total. The minimum absolute atomic E-state index is 0.190. The summed E-state index contributed by atoms with van der Waals surface area (Å²) in [6.07, 6.45) is 0. The smallest absolute Gasteiger partial charge is 0.402 e. The van der Waals surface area contributed by atoms with Gasteiger partial charge >= 0.3 is 7.82 Å². The van der Waals surface area contributed by atoms with Crippen LogP contribution in [0, 0.1) is 0 Å². The van der Waals surface area contributed by atoms with Crippen LogP contribution in [0.1, 0.15) is 25.3 Å². The number of hydrogen-bond donors (Lipinski definition) is 0. The lowest BCUT2D eigenvalue weighted by Gasteiger charge is -2.15. The van der Waals surface area contributed by atoms with Crippen LogP contribution in [0.3, 0.4) is 0 Å². The molecule has 0 saturated heterocycles. The Balaban J connectivity index is 3.01. The molecule has 1 aromatic rings. The molecule has 90 valence electrons. The van der Waals surface area contributed by atoms with Crippen molar-refractivity contribution in [1.29, 1.82) is 0 Å². The van der Waals surface area contributed by atoms with E-state index >= 15 is 0 Å². The van der Waals surface area contributed by atoms with Crippen LogP contribution < -0.4 is 4.52 Å². The van der Waals surface area contributed by atoms with Crippen molar-refractivity contribution >= 4 is 31.6 Å². The van der Waals surface area contributed by atoms with Crippen molar-refractivity contribution in [2.45, 2.75) is 19.8 Å². The van der Waals surface area contributed by atoms with E-state index in [2.05, 4.69) is 8.15 Å². The van der Waals surface area contributed by atoms with E-state index < -0.39 is 7.82 Å². The van der Waals surface area contributed by atoms with Crippen LogP contribution in [-0.4, -0.2) is 0 Å². The molecule has 0 fully saturated rings. The Morgan fingerprint density at radius 3 is 2.25 bits per heavy atom. The topological polar surface area (TPSA) is 44.8 Å². The molecule has 7 heteroatoms. The maximum Gasteiger partial charge on any atom is 0.563 e. The van der Waals surface area contributed by atoms with E-state index in [4.69, 9.17) is 28.3 Å². The summed E-state index contributed by atoms with van der Waals surface area (Å²) in [7, 11) is -3.94. The second kappa shape index (κ2) is 5.89. The lowest BCUT2D eigenvalue weighted by Crippen LogP contribution is -1.97. The Labute approximate surface area is 104 Å². The molecule has 0 unspecified atom stereocenters. The molecule has 0 bridgehead atoms. The van der Waals surface area contributed by atoms with Gasteiger partial charge in [0.2, 0.25) is 0 Å².